The van der Waals surface area contributed by atoms with E-state index in [2.05, 4.69) is 5.32 Å². The number of hydrogen-bond acceptors (Lipinski definition) is 2. The van der Waals surface area contributed by atoms with Crippen molar-refractivity contribution in [2.75, 3.05) is 31.6 Å². The van der Waals surface area contributed by atoms with Gasteiger partial charge in [-0.2, -0.15) is 0 Å². The molecule has 1 saturated heterocycles. The number of carbonyl (C=O) groups excluding carboxylic acids is 1. The number of aryl methyl sites for hydroxylation is 1. The molecule has 17 heavy (non-hydrogen) atoms. The Morgan fingerprint density at radius 3 is 2.76 bits per heavy atom. The van der Waals surface area contributed by atoms with E-state index in [1.807, 2.05) is 19.1 Å². The van der Waals surface area contributed by atoms with Crippen molar-refractivity contribution in [2.24, 2.45) is 0 Å². The van der Waals surface area contributed by atoms with Crippen LogP contribution in [0, 0.1) is 6.92 Å². The van der Waals surface area contributed by atoms with E-state index in [-0.39, 0.29) is 6.03 Å². The van der Waals surface area contributed by atoms with E-state index in [0.717, 1.165) is 5.56 Å². The number of halogens is 1. The molecule has 0 unspecified atom stereocenters. The van der Waals surface area contributed by atoms with Crippen LogP contribution in [-0.4, -0.2) is 37.2 Å². The lowest BCUT2D eigenvalue weighted by atomic mass is 10.2. The topological polar surface area (TPSA) is 41.6 Å². The number of para-hydroxylation sites is 1. The maximum absolute atomic E-state index is 12.0. The summed E-state index contributed by atoms with van der Waals surface area (Å²) >= 11 is 6.05. The number of rotatable bonds is 1. The average Bonchev–Trinajstić information content (AvgIpc) is 2.35. The maximum atomic E-state index is 12.0. The summed E-state index contributed by atoms with van der Waals surface area (Å²) in [5.41, 5.74) is 1.64. The van der Waals surface area contributed by atoms with Crippen LogP contribution in [0.2, 0.25) is 5.02 Å². The maximum Gasteiger partial charge on any atom is 0.322 e. The molecule has 2 rings (SSSR count). The minimum absolute atomic E-state index is 0.121. The standard InChI is InChI=1S/C12H15ClN2O2/c1-9-3-2-4-10(13)11(9)14-12(16)15-5-7-17-8-6-15/h2-4H,5-8H2,1H3,(H,14,16). The van der Waals surface area contributed by atoms with Gasteiger partial charge in [-0.25, -0.2) is 4.79 Å². The number of amides is 2. The van der Waals surface area contributed by atoms with Crippen LogP contribution in [0.25, 0.3) is 0 Å². The van der Waals surface area contributed by atoms with Gasteiger partial charge in [0.05, 0.1) is 23.9 Å². The predicted octanol–water partition coefficient (Wildman–Crippen LogP) is 2.51. The lowest BCUT2D eigenvalue weighted by Crippen LogP contribution is -2.43. The molecule has 0 spiro atoms. The van der Waals surface area contributed by atoms with E-state index in [1.54, 1.807) is 11.0 Å². The van der Waals surface area contributed by atoms with E-state index >= 15 is 0 Å². The van der Waals surface area contributed by atoms with Gasteiger partial charge in [0.25, 0.3) is 0 Å². The van der Waals surface area contributed by atoms with Gasteiger partial charge in [0.2, 0.25) is 0 Å². The first-order chi connectivity index (χ1) is 8.18. The molecule has 5 heteroatoms. The fourth-order valence-corrected chi connectivity index (χ4v) is 2.01. The molecule has 1 heterocycles. The van der Waals surface area contributed by atoms with Crippen molar-refractivity contribution in [3.63, 3.8) is 0 Å². The van der Waals surface area contributed by atoms with Crippen LogP contribution < -0.4 is 5.32 Å². The summed E-state index contributed by atoms with van der Waals surface area (Å²) < 4.78 is 5.20. The highest BCUT2D eigenvalue weighted by atomic mass is 35.5. The van der Waals surface area contributed by atoms with Crippen molar-refractivity contribution in [1.29, 1.82) is 0 Å². The number of nitrogens with one attached hydrogen (secondary N) is 1. The van der Waals surface area contributed by atoms with Crippen LogP contribution in [0.3, 0.4) is 0 Å². The van der Waals surface area contributed by atoms with Crippen molar-refractivity contribution in [3.8, 4) is 0 Å². The molecule has 0 aliphatic carbocycles. The summed E-state index contributed by atoms with van der Waals surface area (Å²) in [5, 5.41) is 3.41. The van der Waals surface area contributed by atoms with Crippen LogP contribution in [0.4, 0.5) is 10.5 Å². The lowest BCUT2D eigenvalue weighted by Gasteiger charge is -2.27. The second kappa shape index (κ2) is 5.38. The number of urea groups is 1. The quantitative estimate of drug-likeness (QED) is 0.837. The first-order valence-corrected chi connectivity index (χ1v) is 5.95. The second-order valence-corrected chi connectivity index (χ2v) is 4.37. The van der Waals surface area contributed by atoms with Crippen LogP contribution in [0.5, 0.6) is 0 Å². The molecule has 1 aliphatic heterocycles. The van der Waals surface area contributed by atoms with E-state index < -0.39 is 0 Å². The highest BCUT2D eigenvalue weighted by Gasteiger charge is 2.18. The van der Waals surface area contributed by atoms with Crippen molar-refractivity contribution in [3.05, 3.63) is 28.8 Å². The number of anilines is 1. The molecule has 2 amide bonds. The molecule has 4 nitrogen and oxygen atoms in total. The summed E-state index contributed by atoms with van der Waals surface area (Å²) in [6.45, 7) is 4.34. The number of ether oxygens (including phenoxy) is 1. The molecule has 0 bridgehead atoms. The Kier molecular flexibility index (Phi) is 3.86. The van der Waals surface area contributed by atoms with Crippen LogP contribution in [0.15, 0.2) is 18.2 Å². The summed E-state index contributed by atoms with van der Waals surface area (Å²) in [6, 6.07) is 5.43. The number of carbonyl (C=O) groups is 1. The summed E-state index contributed by atoms with van der Waals surface area (Å²) in [5.74, 6) is 0. The Labute approximate surface area is 106 Å². The van der Waals surface area contributed by atoms with Crippen LogP contribution in [0.1, 0.15) is 5.56 Å². The van der Waals surface area contributed by atoms with Crippen LogP contribution in [-0.2, 0) is 4.74 Å². The zero-order valence-corrected chi connectivity index (χ0v) is 10.5. The predicted molar refractivity (Wildman–Crippen MR) is 67.6 cm³/mol. The molecule has 1 aromatic carbocycles. The number of benzene rings is 1. The third-order valence-corrected chi connectivity index (χ3v) is 3.07. The molecule has 1 N–H and O–H groups in total. The van der Waals surface area contributed by atoms with Crippen molar-refractivity contribution < 1.29 is 9.53 Å². The second-order valence-electron chi connectivity index (χ2n) is 3.96. The molecule has 1 aliphatic rings. The van der Waals surface area contributed by atoms with Gasteiger partial charge >= 0.3 is 6.03 Å². The fraction of sp³-hybridized carbons (Fsp3) is 0.417. The van der Waals surface area contributed by atoms with E-state index in [1.165, 1.54) is 0 Å². The number of morpholine rings is 1. The zero-order chi connectivity index (χ0) is 12.3. The SMILES string of the molecule is Cc1cccc(Cl)c1NC(=O)N1CCOCC1. The van der Waals surface area contributed by atoms with E-state index in [9.17, 15) is 4.79 Å². The molecular formula is C12H15ClN2O2. The zero-order valence-electron chi connectivity index (χ0n) is 9.70. The number of hydrogen-bond donors (Lipinski definition) is 1. The normalized spacial score (nSPS) is 15.8. The minimum atomic E-state index is -0.121. The lowest BCUT2D eigenvalue weighted by molar-refractivity contribution is 0.0564. The van der Waals surface area contributed by atoms with Gasteiger partial charge in [0.15, 0.2) is 0 Å². The number of nitrogens with zero attached hydrogens (tertiary/aromatic N) is 1. The Morgan fingerprint density at radius 2 is 2.12 bits per heavy atom. The Bertz CT molecular complexity index is 397. The molecule has 1 aromatic rings. The minimum Gasteiger partial charge on any atom is -0.378 e. The Balaban J connectivity index is 2.07. The molecule has 92 valence electrons. The molecule has 0 aromatic heterocycles. The van der Waals surface area contributed by atoms with E-state index in [0.29, 0.717) is 37.0 Å². The first-order valence-electron chi connectivity index (χ1n) is 5.57. The third kappa shape index (κ3) is 2.90. The highest BCUT2D eigenvalue weighted by Crippen LogP contribution is 2.25. The molecule has 0 saturated carbocycles. The van der Waals surface area contributed by atoms with Gasteiger partial charge in [-0.3, -0.25) is 0 Å². The third-order valence-electron chi connectivity index (χ3n) is 2.75. The van der Waals surface area contributed by atoms with Gasteiger partial charge in [0.1, 0.15) is 0 Å². The van der Waals surface area contributed by atoms with Gasteiger partial charge in [0, 0.05) is 13.1 Å². The first kappa shape index (κ1) is 12.2. The summed E-state index contributed by atoms with van der Waals surface area (Å²) in [4.78, 5) is 13.7. The van der Waals surface area contributed by atoms with Gasteiger partial charge in [-0.1, -0.05) is 23.7 Å². The van der Waals surface area contributed by atoms with Crippen molar-refractivity contribution in [1.82, 2.24) is 4.90 Å². The Morgan fingerprint density at radius 1 is 1.41 bits per heavy atom. The smallest absolute Gasteiger partial charge is 0.322 e. The largest absolute Gasteiger partial charge is 0.378 e. The Hall–Kier alpha value is -1.26. The summed E-state index contributed by atoms with van der Waals surface area (Å²) in [7, 11) is 0. The molecule has 1 fully saturated rings. The average molecular weight is 255 g/mol. The highest BCUT2D eigenvalue weighted by molar-refractivity contribution is 6.33. The summed E-state index contributed by atoms with van der Waals surface area (Å²) in [6.07, 6.45) is 0. The molecular weight excluding hydrogens is 240 g/mol. The monoisotopic (exact) mass is 254 g/mol. The van der Waals surface area contributed by atoms with Gasteiger partial charge in [-0.15, -0.1) is 0 Å². The van der Waals surface area contributed by atoms with Crippen molar-refractivity contribution in [2.45, 2.75) is 6.92 Å². The van der Waals surface area contributed by atoms with Crippen LogP contribution >= 0.6 is 11.6 Å². The van der Waals surface area contributed by atoms with Crippen molar-refractivity contribution >= 4 is 23.3 Å². The fourth-order valence-electron chi connectivity index (χ4n) is 1.74. The van der Waals surface area contributed by atoms with Gasteiger partial charge < -0.3 is 15.0 Å². The van der Waals surface area contributed by atoms with E-state index in [4.69, 9.17) is 16.3 Å². The molecule has 0 atom stereocenters. The molecule has 0 radical (unpaired) electrons. The van der Waals surface area contributed by atoms with Gasteiger partial charge in [-0.05, 0) is 18.6 Å².